The molecule has 0 atom stereocenters. The normalized spacial score (nSPS) is 11.4. The van der Waals surface area contributed by atoms with Crippen molar-refractivity contribution >= 4 is 65.4 Å². The van der Waals surface area contributed by atoms with E-state index < -0.39 is 0 Å². The van der Waals surface area contributed by atoms with Crippen LogP contribution >= 0.6 is 0 Å². The molecule has 14 aromatic carbocycles. The molecule has 440 valence electrons. The average molecular weight is 1200 g/mol. The SMILES string of the molecule is c1ccc(-c2nc(-c3ccccc3)nc(-c3ccccc3-c3cccc(-c4cccc5c4ccc4c6ccccc6oc54)c3)n2)cc1.c1ccc(-c2nc(-c3ccccc3)nc(-c3ccccc3-c3ccccc3-c3ccc4c(ccc5oc6ccccc6c54)c3)n2)cc1. The molecule has 18 rings (SSSR count). The lowest BCUT2D eigenvalue weighted by Gasteiger charge is -2.15. The third kappa shape index (κ3) is 10.3. The largest absolute Gasteiger partial charge is 0.456 e. The van der Waals surface area contributed by atoms with E-state index in [9.17, 15) is 0 Å². The van der Waals surface area contributed by atoms with Crippen LogP contribution in [0.1, 0.15) is 0 Å². The first-order chi connectivity index (χ1) is 46.6. The number of nitrogens with zero attached hydrogens (tertiary/aromatic N) is 6. The van der Waals surface area contributed by atoms with Crippen LogP contribution in [-0.4, -0.2) is 29.9 Å². The third-order valence-electron chi connectivity index (χ3n) is 17.5. The molecule has 0 aliphatic carbocycles. The molecule has 4 heterocycles. The first kappa shape index (κ1) is 55.3. The summed E-state index contributed by atoms with van der Waals surface area (Å²) in [6, 6.07) is 113. The van der Waals surface area contributed by atoms with E-state index in [2.05, 4.69) is 170 Å². The molecule has 8 nitrogen and oxygen atoms in total. The molecule has 0 N–H and O–H groups in total. The fraction of sp³-hybridized carbons (Fsp3) is 0. The molecule has 94 heavy (non-hydrogen) atoms. The van der Waals surface area contributed by atoms with E-state index in [0.717, 1.165) is 133 Å². The Bertz CT molecular complexity index is 5750. The molecule has 0 bridgehead atoms. The Morgan fingerprint density at radius 3 is 1.12 bits per heavy atom. The van der Waals surface area contributed by atoms with Crippen LogP contribution in [0.4, 0.5) is 0 Å². The zero-order chi connectivity index (χ0) is 62.3. The Morgan fingerprint density at radius 2 is 0.543 bits per heavy atom. The highest BCUT2D eigenvalue weighted by Crippen LogP contribution is 2.43. The molecule has 0 aliphatic rings. The van der Waals surface area contributed by atoms with Gasteiger partial charge in [-0.3, -0.25) is 0 Å². The maximum atomic E-state index is 6.38. The van der Waals surface area contributed by atoms with Gasteiger partial charge in [-0.1, -0.05) is 291 Å². The van der Waals surface area contributed by atoms with Gasteiger partial charge in [-0.05, 0) is 97.1 Å². The Labute approximate surface area is 541 Å². The summed E-state index contributed by atoms with van der Waals surface area (Å²) in [5.74, 6) is 3.85. The predicted octanol–water partition coefficient (Wildman–Crippen LogP) is 22.5. The van der Waals surface area contributed by atoms with E-state index in [1.54, 1.807) is 0 Å². The van der Waals surface area contributed by atoms with Crippen LogP contribution in [0.15, 0.2) is 336 Å². The number of rotatable bonds is 10. The Balaban J connectivity index is 0.000000143. The van der Waals surface area contributed by atoms with Gasteiger partial charge in [0.05, 0.1) is 0 Å². The van der Waals surface area contributed by atoms with Crippen molar-refractivity contribution in [1.82, 2.24) is 29.9 Å². The highest BCUT2D eigenvalue weighted by atomic mass is 16.3. The molecular weight excluding hydrogens is 1150 g/mol. The Kier molecular flexibility index (Phi) is 14.0. The second kappa shape index (κ2) is 23.9. The van der Waals surface area contributed by atoms with E-state index >= 15 is 0 Å². The Morgan fingerprint density at radius 1 is 0.181 bits per heavy atom. The minimum absolute atomic E-state index is 0.635. The van der Waals surface area contributed by atoms with Gasteiger partial charge in [-0.25, -0.2) is 29.9 Å². The van der Waals surface area contributed by atoms with E-state index in [1.807, 2.05) is 158 Å². The molecule has 0 unspecified atom stereocenters. The summed E-state index contributed by atoms with van der Waals surface area (Å²) < 4.78 is 12.5. The van der Waals surface area contributed by atoms with Gasteiger partial charge >= 0.3 is 0 Å². The van der Waals surface area contributed by atoms with Crippen molar-refractivity contribution in [2.75, 3.05) is 0 Å². The van der Waals surface area contributed by atoms with Crippen molar-refractivity contribution in [1.29, 1.82) is 0 Å². The number of benzene rings is 14. The number of fused-ring (bicyclic) bond motifs is 10. The smallest absolute Gasteiger partial charge is 0.164 e. The fourth-order valence-corrected chi connectivity index (χ4v) is 13.0. The molecule has 0 radical (unpaired) electrons. The summed E-state index contributed by atoms with van der Waals surface area (Å²) >= 11 is 0. The van der Waals surface area contributed by atoms with E-state index in [-0.39, 0.29) is 0 Å². The molecule has 0 spiro atoms. The molecule has 4 aromatic heterocycles. The van der Waals surface area contributed by atoms with Crippen LogP contribution in [0.5, 0.6) is 0 Å². The van der Waals surface area contributed by atoms with Gasteiger partial charge in [-0.15, -0.1) is 0 Å². The van der Waals surface area contributed by atoms with Crippen LogP contribution in [0, 0.1) is 0 Å². The lowest BCUT2D eigenvalue weighted by molar-refractivity contribution is 0.669. The maximum absolute atomic E-state index is 6.38. The van der Waals surface area contributed by atoms with Gasteiger partial charge in [0.15, 0.2) is 34.9 Å². The summed E-state index contributed by atoms with van der Waals surface area (Å²) in [6.45, 7) is 0. The minimum Gasteiger partial charge on any atom is -0.456 e. The van der Waals surface area contributed by atoms with Gasteiger partial charge in [0, 0.05) is 60.3 Å². The van der Waals surface area contributed by atoms with Crippen LogP contribution in [-0.2, 0) is 0 Å². The van der Waals surface area contributed by atoms with Gasteiger partial charge in [0.25, 0.3) is 0 Å². The molecule has 0 saturated heterocycles. The first-order valence-corrected chi connectivity index (χ1v) is 31.4. The zero-order valence-electron chi connectivity index (χ0n) is 50.7. The van der Waals surface area contributed by atoms with Crippen molar-refractivity contribution < 1.29 is 8.83 Å². The van der Waals surface area contributed by atoms with Crippen LogP contribution in [0.3, 0.4) is 0 Å². The number of hydrogen-bond acceptors (Lipinski definition) is 8. The number of para-hydroxylation sites is 2. The van der Waals surface area contributed by atoms with Crippen LogP contribution in [0.2, 0.25) is 0 Å². The molecule has 0 amide bonds. The summed E-state index contributed by atoms with van der Waals surface area (Å²) in [5.41, 5.74) is 18.2. The Hall–Kier alpha value is -12.8. The van der Waals surface area contributed by atoms with Crippen molar-refractivity contribution in [3.8, 4) is 113 Å². The second-order valence-corrected chi connectivity index (χ2v) is 23.2. The lowest BCUT2D eigenvalue weighted by atomic mass is 9.90. The number of furan rings is 2. The number of hydrogen-bond donors (Lipinski definition) is 0. The van der Waals surface area contributed by atoms with Gasteiger partial charge in [-0.2, -0.15) is 0 Å². The average Bonchev–Trinajstić information content (AvgIpc) is 1.51. The molecular formula is C86H54N6O2. The lowest BCUT2D eigenvalue weighted by Crippen LogP contribution is -2.01. The van der Waals surface area contributed by atoms with Crippen molar-refractivity contribution in [3.63, 3.8) is 0 Å². The second-order valence-electron chi connectivity index (χ2n) is 23.2. The fourth-order valence-electron chi connectivity index (χ4n) is 13.0. The molecule has 8 heteroatoms. The molecule has 18 aromatic rings. The summed E-state index contributed by atoms with van der Waals surface area (Å²) in [7, 11) is 0. The summed E-state index contributed by atoms with van der Waals surface area (Å²) in [4.78, 5) is 29.9. The van der Waals surface area contributed by atoms with Crippen molar-refractivity contribution in [3.05, 3.63) is 328 Å². The predicted molar refractivity (Wildman–Crippen MR) is 384 cm³/mol. The van der Waals surface area contributed by atoms with Gasteiger partial charge in [0.2, 0.25) is 0 Å². The van der Waals surface area contributed by atoms with E-state index in [0.29, 0.717) is 34.9 Å². The summed E-state index contributed by atoms with van der Waals surface area (Å²) in [6.07, 6.45) is 0. The minimum atomic E-state index is 0.635. The van der Waals surface area contributed by atoms with Crippen LogP contribution in [0.25, 0.3) is 178 Å². The first-order valence-electron chi connectivity index (χ1n) is 31.4. The highest BCUT2D eigenvalue weighted by molar-refractivity contribution is 6.20. The standard InChI is InChI=1S/2C43H27N3O/c1-3-13-28(14-4-1)41-44-42(29-15-5-2-6-16-29)46-43(45-41)38-21-8-7-19-33(38)31-18-11-17-30(27-31)32-22-12-23-36-34(32)25-26-37-35-20-9-10-24-39(35)47-40(36)37;1-3-13-28(14-4-1)41-44-42(29-15-5-2-6-16-29)46-43(45-41)36-20-10-9-19-35(36)34-18-8-7-17-32(34)30-23-25-33-31(27-30)24-26-39-40(33)37-21-11-12-22-38(37)47-39/h2*1-27H. The van der Waals surface area contributed by atoms with Crippen molar-refractivity contribution in [2.24, 2.45) is 0 Å². The van der Waals surface area contributed by atoms with Gasteiger partial charge < -0.3 is 8.83 Å². The van der Waals surface area contributed by atoms with E-state index in [1.165, 1.54) is 10.8 Å². The molecule has 0 saturated carbocycles. The van der Waals surface area contributed by atoms with Gasteiger partial charge in [0.1, 0.15) is 22.3 Å². The zero-order valence-corrected chi connectivity index (χ0v) is 50.7. The van der Waals surface area contributed by atoms with Crippen molar-refractivity contribution in [2.45, 2.75) is 0 Å². The topological polar surface area (TPSA) is 104 Å². The molecule has 0 aliphatic heterocycles. The highest BCUT2D eigenvalue weighted by Gasteiger charge is 2.21. The van der Waals surface area contributed by atoms with Crippen LogP contribution < -0.4 is 0 Å². The maximum Gasteiger partial charge on any atom is 0.164 e. The quantitative estimate of drug-likeness (QED) is 0.133. The third-order valence-corrected chi connectivity index (χ3v) is 17.5. The number of aromatic nitrogens is 6. The van der Waals surface area contributed by atoms with E-state index in [4.69, 9.17) is 38.7 Å². The molecule has 0 fully saturated rings. The summed E-state index contributed by atoms with van der Waals surface area (Å²) in [5, 5.41) is 9.17. The monoisotopic (exact) mass is 1200 g/mol.